The Morgan fingerprint density at radius 1 is 1.09 bits per heavy atom. The number of rotatable bonds is 10. The van der Waals surface area contributed by atoms with Crippen LogP contribution in [-0.4, -0.2) is 51.0 Å². The van der Waals surface area contributed by atoms with Crippen LogP contribution in [0.15, 0.2) is 48.5 Å². The first-order valence-electron chi connectivity index (χ1n) is 10.3. The van der Waals surface area contributed by atoms with E-state index in [1.54, 1.807) is 37.3 Å². The Labute approximate surface area is 189 Å². The fraction of sp³-hybridized carbons (Fsp3) is 0.391. The fourth-order valence-corrected chi connectivity index (χ4v) is 4.28. The van der Waals surface area contributed by atoms with Crippen LogP contribution in [0.4, 0.5) is 10.1 Å². The van der Waals surface area contributed by atoms with E-state index in [0.29, 0.717) is 11.3 Å². The van der Waals surface area contributed by atoms with Gasteiger partial charge in [-0.25, -0.2) is 12.8 Å². The van der Waals surface area contributed by atoms with Gasteiger partial charge < -0.3 is 10.2 Å². The van der Waals surface area contributed by atoms with Crippen LogP contribution in [0, 0.1) is 12.7 Å². The zero-order chi connectivity index (χ0) is 23.9. The van der Waals surface area contributed by atoms with Gasteiger partial charge in [0.05, 0.1) is 11.9 Å². The lowest BCUT2D eigenvalue weighted by Crippen LogP contribution is -2.47. The van der Waals surface area contributed by atoms with Crippen LogP contribution in [0.2, 0.25) is 0 Å². The minimum Gasteiger partial charge on any atom is -0.357 e. The van der Waals surface area contributed by atoms with E-state index < -0.39 is 21.9 Å². The van der Waals surface area contributed by atoms with Crippen LogP contribution in [0.1, 0.15) is 30.9 Å². The van der Waals surface area contributed by atoms with Crippen molar-refractivity contribution in [1.29, 1.82) is 0 Å². The van der Waals surface area contributed by atoms with Crippen LogP contribution in [0.3, 0.4) is 0 Å². The lowest BCUT2D eigenvalue weighted by molar-refractivity contribution is -0.140. The number of sulfonamides is 1. The number of likely N-dealkylation sites (N-methyl/N-ethyl adjacent to an activating group) is 1. The summed E-state index contributed by atoms with van der Waals surface area (Å²) >= 11 is 0. The first-order valence-corrected chi connectivity index (χ1v) is 12.2. The molecule has 174 valence electrons. The molecule has 0 saturated heterocycles. The molecule has 0 fully saturated rings. The number of hydrogen-bond donors (Lipinski definition) is 1. The van der Waals surface area contributed by atoms with Crippen molar-refractivity contribution in [1.82, 2.24) is 10.2 Å². The number of anilines is 1. The summed E-state index contributed by atoms with van der Waals surface area (Å²) < 4.78 is 40.0. The normalized spacial score (nSPS) is 12.2. The molecule has 0 saturated carbocycles. The van der Waals surface area contributed by atoms with Crippen LogP contribution >= 0.6 is 0 Å². The summed E-state index contributed by atoms with van der Waals surface area (Å²) in [6.45, 7) is 3.53. The highest BCUT2D eigenvalue weighted by molar-refractivity contribution is 7.92. The molecule has 0 aromatic heterocycles. The molecule has 0 heterocycles. The topological polar surface area (TPSA) is 86.8 Å². The van der Waals surface area contributed by atoms with E-state index >= 15 is 0 Å². The maximum absolute atomic E-state index is 14.2. The maximum atomic E-state index is 14.2. The predicted octanol–water partition coefficient (Wildman–Crippen LogP) is 2.84. The van der Waals surface area contributed by atoms with E-state index in [-0.39, 0.29) is 37.7 Å². The van der Waals surface area contributed by atoms with E-state index in [0.717, 1.165) is 11.8 Å². The van der Waals surface area contributed by atoms with Crippen LogP contribution in [0.25, 0.3) is 0 Å². The second-order valence-electron chi connectivity index (χ2n) is 7.68. The van der Waals surface area contributed by atoms with Gasteiger partial charge in [-0.15, -0.1) is 0 Å². The van der Waals surface area contributed by atoms with Gasteiger partial charge in [0, 0.05) is 32.1 Å². The van der Waals surface area contributed by atoms with Gasteiger partial charge in [-0.05, 0) is 38.5 Å². The summed E-state index contributed by atoms with van der Waals surface area (Å²) in [6.07, 6.45) is 1.37. The number of aryl methyl sites for hydroxylation is 1. The molecule has 0 unspecified atom stereocenters. The minimum absolute atomic E-state index is 0.00761. The lowest BCUT2D eigenvalue weighted by atomic mass is 10.1. The molecule has 2 aromatic rings. The average Bonchev–Trinajstić information content (AvgIpc) is 2.75. The molecule has 1 N–H and O–H groups in total. The Bertz CT molecular complexity index is 1040. The molecular formula is C23H30FN3O4S. The number of nitrogens with one attached hydrogen (secondary N) is 1. The van der Waals surface area contributed by atoms with Crippen molar-refractivity contribution >= 4 is 27.5 Å². The van der Waals surface area contributed by atoms with Gasteiger partial charge in [-0.2, -0.15) is 0 Å². The predicted molar refractivity (Wildman–Crippen MR) is 123 cm³/mol. The number of hydrogen-bond acceptors (Lipinski definition) is 4. The maximum Gasteiger partial charge on any atom is 0.242 e. The fourth-order valence-electron chi connectivity index (χ4n) is 3.32. The molecular weight excluding hydrogens is 433 g/mol. The van der Waals surface area contributed by atoms with Crippen molar-refractivity contribution in [3.63, 3.8) is 0 Å². The first kappa shape index (κ1) is 25.3. The molecule has 7 nitrogen and oxygen atoms in total. The third kappa shape index (κ3) is 6.78. The second kappa shape index (κ2) is 11.1. The number of carbonyl (C=O) groups excluding carboxylic acids is 2. The van der Waals surface area contributed by atoms with Crippen LogP contribution in [0.5, 0.6) is 0 Å². The Morgan fingerprint density at radius 2 is 1.72 bits per heavy atom. The van der Waals surface area contributed by atoms with Gasteiger partial charge in [0.25, 0.3) is 0 Å². The largest absolute Gasteiger partial charge is 0.357 e. The summed E-state index contributed by atoms with van der Waals surface area (Å²) in [4.78, 5) is 26.5. The molecule has 2 rings (SSSR count). The third-order valence-corrected chi connectivity index (χ3v) is 6.38. The summed E-state index contributed by atoms with van der Waals surface area (Å²) in [6, 6.07) is 12.3. The quantitative estimate of drug-likeness (QED) is 0.587. The average molecular weight is 464 g/mol. The standard InChI is InChI=1S/C23H30FN3O4S/c1-17-11-13-20(14-12-17)27(32(4,30)31)15-7-10-22(28)26(18(2)23(29)25-3)16-19-8-5-6-9-21(19)24/h5-6,8-9,11-14,18H,7,10,15-16H2,1-4H3,(H,25,29)/t18-/m1/s1. The van der Waals surface area contributed by atoms with Gasteiger partial charge in [-0.1, -0.05) is 35.9 Å². The van der Waals surface area contributed by atoms with Gasteiger partial charge in [0.1, 0.15) is 11.9 Å². The number of amides is 2. The molecule has 0 spiro atoms. The second-order valence-corrected chi connectivity index (χ2v) is 9.58. The molecule has 0 aliphatic rings. The van der Waals surface area contributed by atoms with Crippen molar-refractivity contribution in [3.8, 4) is 0 Å². The molecule has 0 bridgehead atoms. The summed E-state index contributed by atoms with van der Waals surface area (Å²) in [5, 5.41) is 2.51. The number of halogens is 1. The van der Waals surface area contributed by atoms with Crippen molar-refractivity contribution in [2.45, 2.75) is 39.3 Å². The van der Waals surface area contributed by atoms with Crippen molar-refractivity contribution in [2.24, 2.45) is 0 Å². The Kier molecular flexibility index (Phi) is 8.77. The van der Waals surface area contributed by atoms with E-state index in [9.17, 15) is 22.4 Å². The van der Waals surface area contributed by atoms with E-state index in [1.807, 2.05) is 19.1 Å². The lowest BCUT2D eigenvalue weighted by Gasteiger charge is -2.29. The van der Waals surface area contributed by atoms with Crippen molar-refractivity contribution < 1.29 is 22.4 Å². The third-order valence-electron chi connectivity index (χ3n) is 5.19. The summed E-state index contributed by atoms with van der Waals surface area (Å²) in [5.74, 6) is -1.19. The van der Waals surface area contributed by atoms with Crippen molar-refractivity contribution in [3.05, 3.63) is 65.5 Å². The number of nitrogens with zero attached hydrogens (tertiary/aromatic N) is 2. The minimum atomic E-state index is -3.54. The van der Waals surface area contributed by atoms with Gasteiger partial charge in [0.2, 0.25) is 21.8 Å². The highest BCUT2D eigenvalue weighted by Crippen LogP contribution is 2.20. The molecule has 2 amide bonds. The smallest absolute Gasteiger partial charge is 0.242 e. The molecule has 1 atom stereocenters. The number of benzene rings is 2. The Hall–Kier alpha value is -2.94. The number of carbonyl (C=O) groups is 2. The SMILES string of the molecule is CNC(=O)[C@@H](C)N(Cc1ccccc1F)C(=O)CCCN(c1ccc(C)cc1)S(C)(=O)=O. The first-order chi connectivity index (χ1) is 15.0. The van der Waals surface area contributed by atoms with Crippen LogP contribution in [-0.2, 0) is 26.2 Å². The zero-order valence-corrected chi connectivity index (χ0v) is 19.7. The highest BCUT2D eigenvalue weighted by Gasteiger charge is 2.26. The van der Waals surface area contributed by atoms with E-state index in [1.165, 1.54) is 22.3 Å². The van der Waals surface area contributed by atoms with Gasteiger partial charge in [0.15, 0.2) is 0 Å². The highest BCUT2D eigenvalue weighted by atomic mass is 32.2. The molecule has 32 heavy (non-hydrogen) atoms. The molecule has 0 aliphatic carbocycles. The molecule has 2 aromatic carbocycles. The van der Waals surface area contributed by atoms with Gasteiger partial charge >= 0.3 is 0 Å². The molecule has 9 heteroatoms. The zero-order valence-electron chi connectivity index (χ0n) is 18.8. The molecule has 0 radical (unpaired) electrons. The Morgan fingerprint density at radius 3 is 2.28 bits per heavy atom. The van der Waals surface area contributed by atoms with E-state index in [2.05, 4.69) is 5.32 Å². The summed E-state index contributed by atoms with van der Waals surface area (Å²) in [7, 11) is -2.07. The van der Waals surface area contributed by atoms with Gasteiger partial charge in [-0.3, -0.25) is 13.9 Å². The van der Waals surface area contributed by atoms with E-state index in [4.69, 9.17) is 0 Å². The van der Waals surface area contributed by atoms with Crippen LogP contribution < -0.4 is 9.62 Å². The molecule has 0 aliphatic heterocycles. The van der Waals surface area contributed by atoms with Crippen molar-refractivity contribution in [2.75, 3.05) is 24.2 Å². The monoisotopic (exact) mass is 463 g/mol. The summed E-state index contributed by atoms with van der Waals surface area (Å²) in [5.41, 5.74) is 1.82. The Balaban J connectivity index is 2.14.